The zero-order valence-corrected chi connectivity index (χ0v) is 12.3. The summed E-state index contributed by atoms with van der Waals surface area (Å²) in [7, 11) is 0. The fraction of sp³-hybridized carbons (Fsp3) is 0.938. The van der Waals surface area contributed by atoms with Crippen LogP contribution in [0, 0.1) is 5.92 Å². The first-order valence-corrected chi connectivity index (χ1v) is 8.48. The van der Waals surface area contributed by atoms with Gasteiger partial charge in [0.15, 0.2) is 5.96 Å². The van der Waals surface area contributed by atoms with Crippen molar-refractivity contribution < 1.29 is 0 Å². The fourth-order valence-corrected chi connectivity index (χ4v) is 3.96. The number of rotatable bonds is 4. The predicted molar refractivity (Wildman–Crippen MR) is 80.5 cm³/mol. The molecule has 1 saturated heterocycles. The van der Waals surface area contributed by atoms with E-state index in [0.29, 0.717) is 0 Å². The third-order valence-corrected chi connectivity index (χ3v) is 5.03. The Hall–Kier alpha value is -0.730. The lowest BCUT2D eigenvalue weighted by Crippen LogP contribution is -2.52. The molecule has 0 bridgehead atoms. The molecular weight excluding hydrogens is 234 g/mol. The number of hydrogen-bond donors (Lipinski definition) is 0. The summed E-state index contributed by atoms with van der Waals surface area (Å²) in [5.41, 5.74) is 0. The van der Waals surface area contributed by atoms with Crippen LogP contribution in [0.4, 0.5) is 0 Å². The van der Waals surface area contributed by atoms with Crippen molar-refractivity contribution >= 4 is 5.96 Å². The summed E-state index contributed by atoms with van der Waals surface area (Å²) in [4.78, 5) is 9.84. The monoisotopic (exact) mass is 263 g/mol. The number of guanidine groups is 1. The molecule has 0 aromatic heterocycles. The average molecular weight is 263 g/mol. The molecule has 1 saturated carbocycles. The summed E-state index contributed by atoms with van der Waals surface area (Å²) < 4.78 is 0. The molecule has 3 rings (SSSR count). The maximum absolute atomic E-state index is 4.77. The Morgan fingerprint density at radius 3 is 2.68 bits per heavy atom. The highest BCUT2D eigenvalue weighted by atomic mass is 15.4. The molecule has 0 N–H and O–H groups in total. The normalized spacial score (nSPS) is 25.2. The molecule has 0 aromatic rings. The first-order valence-electron chi connectivity index (χ1n) is 8.48. The van der Waals surface area contributed by atoms with Crippen molar-refractivity contribution in [3.05, 3.63) is 0 Å². The van der Waals surface area contributed by atoms with Gasteiger partial charge in [0, 0.05) is 32.7 Å². The standard InChI is InChI=1S/C16H29N3/c1-2-7-15(8-3-1)9-4-11-18-13-6-14-19-12-5-10-17-16(18)19/h15H,1-14H2. The van der Waals surface area contributed by atoms with Gasteiger partial charge in [0.2, 0.25) is 0 Å². The van der Waals surface area contributed by atoms with Crippen LogP contribution in [0.5, 0.6) is 0 Å². The molecule has 2 fully saturated rings. The van der Waals surface area contributed by atoms with Gasteiger partial charge in [0.05, 0.1) is 0 Å². The highest BCUT2D eigenvalue weighted by Gasteiger charge is 2.25. The van der Waals surface area contributed by atoms with Crippen molar-refractivity contribution in [2.24, 2.45) is 10.9 Å². The van der Waals surface area contributed by atoms with Gasteiger partial charge in [-0.1, -0.05) is 32.1 Å². The van der Waals surface area contributed by atoms with Crippen molar-refractivity contribution in [1.82, 2.24) is 9.80 Å². The van der Waals surface area contributed by atoms with Gasteiger partial charge >= 0.3 is 0 Å². The van der Waals surface area contributed by atoms with Crippen LogP contribution in [-0.2, 0) is 0 Å². The van der Waals surface area contributed by atoms with E-state index in [2.05, 4.69) is 9.80 Å². The Balaban J connectivity index is 1.44. The maximum Gasteiger partial charge on any atom is 0.196 e. The summed E-state index contributed by atoms with van der Waals surface area (Å²) in [6.07, 6.45) is 12.8. The molecule has 2 aliphatic heterocycles. The SMILES string of the molecule is C1CCC(CCCN2CCCN3CCCN=C32)CC1. The predicted octanol–water partition coefficient (Wildman–Crippen LogP) is 3.11. The Morgan fingerprint density at radius 2 is 1.79 bits per heavy atom. The molecule has 0 radical (unpaired) electrons. The molecule has 2 heterocycles. The molecule has 0 unspecified atom stereocenters. The minimum absolute atomic E-state index is 1.03. The van der Waals surface area contributed by atoms with E-state index >= 15 is 0 Å². The van der Waals surface area contributed by atoms with E-state index in [1.807, 2.05) is 0 Å². The summed E-state index contributed by atoms with van der Waals surface area (Å²) in [5, 5.41) is 0. The van der Waals surface area contributed by atoms with Crippen molar-refractivity contribution in [1.29, 1.82) is 0 Å². The van der Waals surface area contributed by atoms with E-state index in [1.165, 1.54) is 89.9 Å². The van der Waals surface area contributed by atoms with E-state index in [-0.39, 0.29) is 0 Å². The maximum atomic E-state index is 4.77. The van der Waals surface area contributed by atoms with Crippen LogP contribution in [0.15, 0.2) is 4.99 Å². The second-order valence-corrected chi connectivity index (χ2v) is 6.51. The van der Waals surface area contributed by atoms with Gasteiger partial charge < -0.3 is 9.80 Å². The van der Waals surface area contributed by atoms with Gasteiger partial charge in [-0.2, -0.15) is 0 Å². The number of hydrogen-bond acceptors (Lipinski definition) is 3. The van der Waals surface area contributed by atoms with Crippen LogP contribution in [0.3, 0.4) is 0 Å². The molecule has 3 heteroatoms. The molecule has 0 aromatic carbocycles. The molecule has 19 heavy (non-hydrogen) atoms. The van der Waals surface area contributed by atoms with E-state index in [1.54, 1.807) is 0 Å². The number of nitrogens with zero attached hydrogens (tertiary/aromatic N) is 3. The smallest absolute Gasteiger partial charge is 0.196 e. The second kappa shape index (κ2) is 6.62. The largest absolute Gasteiger partial charge is 0.343 e. The van der Waals surface area contributed by atoms with Crippen LogP contribution >= 0.6 is 0 Å². The van der Waals surface area contributed by atoms with Gasteiger partial charge in [0.25, 0.3) is 0 Å². The lowest BCUT2D eigenvalue weighted by molar-refractivity contribution is 0.233. The lowest BCUT2D eigenvalue weighted by Gasteiger charge is -2.41. The van der Waals surface area contributed by atoms with Gasteiger partial charge in [-0.05, 0) is 31.6 Å². The van der Waals surface area contributed by atoms with Crippen molar-refractivity contribution in [3.8, 4) is 0 Å². The molecule has 108 valence electrons. The number of fused-ring (bicyclic) bond motifs is 1. The molecule has 0 atom stereocenters. The zero-order valence-electron chi connectivity index (χ0n) is 12.3. The van der Waals surface area contributed by atoms with Crippen molar-refractivity contribution in [2.45, 2.75) is 57.8 Å². The lowest BCUT2D eigenvalue weighted by atomic mass is 9.86. The van der Waals surface area contributed by atoms with Crippen LogP contribution in [0.2, 0.25) is 0 Å². The second-order valence-electron chi connectivity index (χ2n) is 6.51. The third kappa shape index (κ3) is 3.43. The molecule has 1 aliphatic carbocycles. The Bertz CT molecular complexity index is 307. The van der Waals surface area contributed by atoms with E-state index in [4.69, 9.17) is 4.99 Å². The molecule has 0 amide bonds. The number of aliphatic imine (C=N–C) groups is 1. The first-order chi connectivity index (χ1) is 9.43. The van der Waals surface area contributed by atoms with Gasteiger partial charge in [0.1, 0.15) is 0 Å². The minimum atomic E-state index is 1.03. The quantitative estimate of drug-likeness (QED) is 0.776. The summed E-state index contributed by atoms with van der Waals surface area (Å²) >= 11 is 0. The Kier molecular flexibility index (Phi) is 4.62. The summed E-state index contributed by atoms with van der Waals surface area (Å²) in [5.74, 6) is 2.35. The molecule has 0 spiro atoms. The van der Waals surface area contributed by atoms with Crippen molar-refractivity contribution in [3.63, 3.8) is 0 Å². The summed E-state index contributed by atoms with van der Waals surface area (Å²) in [6, 6.07) is 0. The van der Waals surface area contributed by atoms with Gasteiger partial charge in [-0.15, -0.1) is 0 Å². The highest BCUT2D eigenvalue weighted by Crippen LogP contribution is 2.27. The molecule has 3 aliphatic rings. The molecular formula is C16H29N3. The van der Waals surface area contributed by atoms with E-state index in [0.717, 1.165) is 12.5 Å². The topological polar surface area (TPSA) is 18.8 Å². The zero-order chi connectivity index (χ0) is 12.9. The van der Waals surface area contributed by atoms with E-state index in [9.17, 15) is 0 Å². The third-order valence-electron chi connectivity index (χ3n) is 5.03. The van der Waals surface area contributed by atoms with E-state index < -0.39 is 0 Å². The van der Waals surface area contributed by atoms with Crippen LogP contribution in [0.1, 0.15) is 57.8 Å². The van der Waals surface area contributed by atoms with Gasteiger partial charge in [-0.25, -0.2) is 0 Å². The van der Waals surface area contributed by atoms with Crippen LogP contribution in [-0.4, -0.2) is 48.5 Å². The van der Waals surface area contributed by atoms with Crippen LogP contribution < -0.4 is 0 Å². The van der Waals surface area contributed by atoms with Crippen LogP contribution in [0.25, 0.3) is 0 Å². The Morgan fingerprint density at radius 1 is 0.947 bits per heavy atom. The highest BCUT2D eigenvalue weighted by molar-refractivity contribution is 5.81. The fourth-order valence-electron chi connectivity index (χ4n) is 3.96. The Labute approximate surface area is 118 Å². The van der Waals surface area contributed by atoms with Crippen molar-refractivity contribution in [2.75, 3.05) is 32.7 Å². The molecule has 3 nitrogen and oxygen atoms in total. The minimum Gasteiger partial charge on any atom is -0.343 e. The average Bonchev–Trinajstić information content (AvgIpc) is 2.49. The first kappa shape index (κ1) is 13.3. The van der Waals surface area contributed by atoms with Gasteiger partial charge in [-0.3, -0.25) is 4.99 Å². The summed E-state index contributed by atoms with van der Waals surface area (Å²) in [6.45, 7) is 5.99.